The molecule has 10 heteroatoms. The van der Waals surface area contributed by atoms with Gasteiger partial charge in [-0.3, -0.25) is 10.1 Å². The van der Waals surface area contributed by atoms with Gasteiger partial charge in [-0.1, -0.05) is 0 Å². The standard InChI is InChI=1S/C11H10N6O4/c1-21-9(18)8-14-10(12)16-11(15-8)13-6-2-4-7(5-3-6)17(19)20/h2-5H,1H3,(H3,12,13,14,15,16). The van der Waals surface area contributed by atoms with Gasteiger partial charge in [0.05, 0.1) is 12.0 Å². The minimum Gasteiger partial charge on any atom is -0.463 e. The van der Waals surface area contributed by atoms with Crippen molar-refractivity contribution in [3.63, 3.8) is 0 Å². The van der Waals surface area contributed by atoms with Gasteiger partial charge >= 0.3 is 5.97 Å². The monoisotopic (exact) mass is 290 g/mol. The number of nitro benzene ring substituents is 1. The van der Waals surface area contributed by atoms with Crippen molar-refractivity contribution in [1.82, 2.24) is 15.0 Å². The Balaban J connectivity index is 2.24. The van der Waals surface area contributed by atoms with E-state index in [2.05, 4.69) is 25.0 Å². The predicted octanol–water partition coefficient (Wildman–Crippen LogP) is 0.892. The van der Waals surface area contributed by atoms with Crippen LogP contribution in [0.1, 0.15) is 10.6 Å². The summed E-state index contributed by atoms with van der Waals surface area (Å²) in [5.74, 6) is -1.13. The molecule has 1 aromatic heterocycles. The van der Waals surface area contributed by atoms with Crippen LogP contribution in [-0.4, -0.2) is 33.0 Å². The Morgan fingerprint density at radius 3 is 2.52 bits per heavy atom. The van der Waals surface area contributed by atoms with Crippen molar-refractivity contribution in [2.75, 3.05) is 18.2 Å². The number of nitro groups is 1. The molecule has 0 aliphatic heterocycles. The number of aromatic nitrogens is 3. The van der Waals surface area contributed by atoms with Crippen molar-refractivity contribution < 1.29 is 14.5 Å². The number of hydrogen-bond acceptors (Lipinski definition) is 9. The number of carbonyl (C=O) groups excluding carboxylic acids is 1. The third-order valence-corrected chi connectivity index (χ3v) is 2.35. The molecule has 1 aromatic carbocycles. The van der Waals surface area contributed by atoms with Crippen LogP contribution in [-0.2, 0) is 4.74 Å². The fourth-order valence-electron chi connectivity index (χ4n) is 1.43. The Morgan fingerprint density at radius 2 is 1.95 bits per heavy atom. The maximum atomic E-state index is 11.4. The maximum absolute atomic E-state index is 11.4. The molecule has 0 saturated heterocycles. The van der Waals surface area contributed by atoms with Crippen molar-refractivity contribution in [2.24, 2.45) is 0 Å². The van der Waals surface area contributed by atoms with Crippen LogP contribution in [0.5, 0.6) is 0 Å². The lowest BCUT2D eigenvalue weighted by Gasteiger charge is -2.06. The fraction of sp³-hybridized carbons (Fsp3) is 0.0909. The van der Waals surface area contributed by atoms with Crippen LogP contribution in [0.25, 0.3) is 0 Å². The molecule has 0 fully saturated rings. The number of nitrogens with one attached hydrogen (secondary N) is 1. The number of anilines is 3. The van der Waals surface area contributed by atoms with Crippen molar-refractivity contribution in [2.45, 2.75) is 0 Å². The molecule has 3 N–H and O–H groups in total. The van der Waals surface area contributed by atoms with Gasteiger partial charge in [-0.05, 0) is 12.1 Å². The number of hydrogen-bond donors (Lipinski definition) is 2. The van der Waals surface area contributed by atoms with Gasteiger partial charge in [0, 0.05) is 17.8 Å². The van der Waals surface area contributed by atoms with E-state index in [0.717, 1.165) is 0 Å². The largest absolute Gasteiger partial charge is 0.463 e. The number of nitrogens with zero attached hydrogens (tertiary/aromatic N) is 4. The van der Waals surface area contributed by atoms with Crippen LogP contribution in [0.4, 0.5) is 23.3 Å². The number of nitrogens with two attached hydrogens (primary N) is 1. The average Bonchev–Trinajstić information content (AvgIpc) is 2.46. The normalized spacial score (nSPS) is 9.95. The Kier molecular flexibility index (Phi) is 3.88. The van der Waals surface area contributed by atoms with E-state index in [4.69, 9.17) is 5.73 Å². The van der Waals surface area contributed by atoms with E-state index in [1.54, 1.807) is 0 Å². The second-order valence-corrected chi connectivity index (χ2v) is 3.76. The zero-order valence-electron chi connectivity index (χ0n) is 10.8. The van der Waals surface area contributed by atoms with Gasteiger partial charge in [0.2, 0.25) is 17.7 Å². The van der Waals surface area contributed by atoms with Crippen LogP contribution >= 0.6 is 0 Å². The third kappa shape index (κ3) is 3.37. The summed E-state index contributed by atoms with van der Waals surface area (Å²) in [6, 6.07) is 5.56. The SMILES string of the molecule is COC(=O)c1nc(N)nc(Nc2ccc([N+](=O)[O-])cc2)n1. The van der Waals surface area contributed by atoms with Gasteiger partial charge in [0.15, 0.2) is 0 Å². The van der Waals surface area contributed by atoms with Crippen molar-refractivity contribution >= 4 is 29.2 Å². The summed E-state index contributed by atoms with van der Waals surface area (Å²) in [6.07, 6.45) is 0. The van der Waals surface area contributed by atoms with Crippen LogP contribution < -0.4 is 11.1 Å². The summed E-state index contributed by atoms with van der Waals surface area (Å²) in [5.41, 5.74) is 5.91. The van der Waals surface area contributed by atoms with Gasteiger partial charge in [0.25, 0.3) is 5.69 Å². The smallest absolute Gasteiger partial charge is 0.376 e. The summed E-state index contributed by atoms with van der Waals surface area (Å²) in [7, 11) is 1.19. The van der Waals surface area contributed by atoms with Crippen molar-refractivity contribution in [3.8, 4) is 0 Å². The summed E-state index contributed by atoms with van der Waals surface area (Å²) < 4.78 is 4.49. The van der Waals surface area contributed by atoms with Crippen LogP contribution in [0.2, 0.25) is 0 Å². The molecule has 0 radical (unpaired) electrons. The summed E-state index contributed by atoms with van der Waals surface area (Å²) in [4.78, 5) is 32.7. The first kappa shape index (κ1) is 14.1. The maximum Gasteiger partial charge on any atom is 0.376 e. The minimum absolute atomic E-state index is 0.0248. The van der Waals surface area contributed by atoms with Gasteiger partial charge in [-0.25, -0.2) is 4.79 Å². The Bertz CT molecular complexity index is 688. The molecule has 0 amide bonds. The van der Waals surface area contributed by atoms with Crippen LogP contribution in [0.3, 0.4) is 0 Å². The second kappa shape index (κ2) is 5.77. The Hall–Kier alpha value is -3.30. The van der Waals surface area contributed by atoms with Crippen molar-refractivity contribution in [1.29, 1.82) is 0 Å². The molecule has 0 bridgehead atoms. The van der Waals surface area contributed by atoms with Gasteiger partial charge in [-0.2, -0.15) is 15.0 Å². The zero-order valence-corrected chi connectivity index (χ0v) is 10.8. The average molecular weight is 290 g/mol. The third-order valence-electron chi connectivity index (χ3n) is 2.35. The van der Waals surface area contributed by atoms with E-state index in [1.807, 2.05) is 0 Å². The highest BCUT2D eigenvalue weighted by molar-refractivity contribution is 5.85. The molecule has 2 rings (SSSR count). The number of methoxy groups -OCH3 is 1. The lowest BCUT2D eigenvalue weighted by molar-refractivity contribution is -0.384. The van der Waals surface area contributed by atoms with Crippen LogP contribution in [0, 0.1) is 10.1 Å². The molecule has 0 aliphatic carbocycles. The quantitative estimate of drug-likeness (QED) is 0.476. The zero-order chi connectivity index (χ0) is 15.4. The Morgan fingerprint density at radius 1 is 1.29 bits per heavy atom. The predicted molar refractivity (Wildman–Crippen MR) is 72.0 cm³/mol. The molecule has 108 valence electrons. The van der Waals surface area contributed by atoms with Crippen molar-refractivity contribution in [3.05, 3.63) is 40.2 Å². The summed E-state index contributed by atoms with van der Waals surface area (Å²) in [6.45, 7) is 0. The highest BCUT2D eigenvalue weighted by Gasteiger charge is 2.13. The number of rotatable bonds is 4. The lowest BCUT2D eigenvalue weighted by Crippen LogP contribution is -2.12. The van der Waals surface area contributed by atoms with E-state index >= 15 is 0 Å². The highest BCUT2D eigenvalue weighted by Crippen LogP contribution is 2.18. The number of non-ortho nitro benzene ring substituents is 1. The molecule has 0 saturated carbocycles. The first-order valence-corrected chi connectivity index (χ1v) is 5.61. The highest BCUT2D eigenvalue weighted by atomic mass is 16.6. The molecule has 1 heterocycles. The first-order valence-electron chi connectivity index (χ1n) is 5.61. The van der Waals surface area contributed by atoms with E-state index in [-0.39, 0.29) is 23.4 Å². The molecular formula is C11H10N6O4. The van der Waals surface area contributed by atoms with E-state index in [1.165, 1.54) is 31.4 Å². The van der Waals surface area contributed by atoms with E-state index in [9.17, 15) is 14.9 Å². The second-order valence-electron chi connectivity index (χ2n) is 3.76. The number of carbonyl (C=O) groups is 1. The topological polar surface area (TPSA) is 146 Å². The molecule has 10 nitrogen and oxygen atoms in total. The van der Waals surface area contributed by atoms with Gasteiger partial charge < -0.3 is 15.8 Å². The number of benzene rings is 1. The van der Waals surface area contributed by atoms with E-state index < -0.39 is 10.9 Å². The first-order chi connectivity index (χ1) is 9.99. The fourth-order valence-corrected chi connectivity index (χ4v) is 1.43. The van der Waals surface area contributed by atoms with E-state index in [0.29, 0.717) is 5.69 Å². The number of esters is 1. The molecular weight excluding hydrogens is 280 g/mol. The Labute approximate surface area is 118 Å². The molecule has 2 aromatic rings. The number of nitrogen functional groups attached to an aromatic ring is 1. The minimum atomic E-state index is -0.754. The van der Waals surface area contributed by atoms with Crippen LogP contribution in [0.15, 0.2) is 24.3 Å². The molecule has 0 aliphatic rings. The lowest BCUT2D eigenvalue weighted by atomic mass is 10.3. The summed E-state index contributed by atoms with van der Waals surface area (Å²) >= 11 is 0. The van der Waals surface area contributed by atoms with Gasteiger partial charge in [0.1, 0.15) is 0 Å². The molecule has 0 spiro atoms. The number of ether oxygens (including phenoxy) is 1. The van der Waals surface area contributed by atoms with Gasteiger partial charge in [-0.15, -0.1) is 0 Å². The molecule has 0 atom stereocenters. The summed E-state index contributed by atoms with van der Waals surface area (Å²) in [5, 5.41) is 13.3. The molecule has 0 unspecified atom stereocenters. The molecule has 21 heavy (non-hydrogen) atoms.